The fourth-order valence-corrected chi connectivity index (χ4v) is 3.05. The lowest BCUT2D eigenvalue weighted by molar-refractivity contribution is -0.121. The zero-order valence-electron chi connectivity index (χ0n) is 16.5. The molecule has 1 aromatic heterocycles. The fourth-order valence-electron chi connectivity index (χ4n) is 3.05. The lowest BCUT2D eigenvalue weighted by Gasteiger charge is -2.28. The highest BCUT2D eigenvalue weighted by Gasteiger charge is 2.20. The number of carbonyl (C=O) groups is 1. The maximum Gasteiger partial charge on any atom is 0.220 e. The van der Waals surface area contributed by atoms with Gasteiger partial charge >= 0.3 is 0 Å². The number of rotatable bonds is 8. The minimum atomic E-state index is -0.571. The first-order valence-corrected chi connectivity index (χ1v) is 9.23. The van der Waals surface area contributed by atoms with Crippen molar-refractivity contribution in [3.8, 4) is 0 Å². The van der Waals surface area contributed by atoms with Crippen molar-refractivity contribution in [2.75, 3.05) is 26.8 Å². The number of aryl methyl sites for hydroxylation is 2. The van der Waals surface area contributed by atoms with Crippen LogP contribution in [-0.2, 0) is 11.3 Å². The van der Waals surface area contributed by atoms with Crippen LogP contribution in [0.1, 0.15) is 36.7 Å². The first kappa shape index (κ1) is 21.0. The summed E-state index contributed by atoms with van der Waals surface area (Å²) in [4.78, 5) is 22.7. The number of hydrogen-bond acceptors (Lipinski definition) is 4. The minimum Gasteiger partial charge on any atom is -0.369 e. The van der Waals surface area contributed by atoms with Gasteiger partial charge in [0.2, 0.25) is 5.91 Å². The quantitative estimate of drug-likeness (QED) is 0.756. The first-order valence-electron chi connectivity index (χ1n) is 9.23. The van der Waals surface area contributed by atoms with Gasteiger partial charge in [0.25, 0.3) is 0 Å². The van der Waals surface area contributed by atoms with Crippen LogP contribution in [0.25, 0.3) is 0 Å². The molecule has 1 atom stereocenters. The molecular formula is C20H28F2N4O. The topological polar surface area (TPSA) is 57.6 Å². The molecule has 0 radical (unpaired) electrons. The van der Waals surface area contributed by atoms with Crippen LogP contribution in [0.15, 0.2) is 22.8 Å². The van der Waals surface area contributed by atoms with Crippen molar-refractivity contribution >= 4 is 11.6 Å². The molecule has 0 fully saturated rings. The van der Waals surface area contributed by atoms with E-state index in [9.17, 15) is 13.6 Å². The Labute approximate surface area is 159 Å². The third-order valence-corrected chi connectivity index (χ3v) is 4.58. The average Bonchev–Trinajstić information content (AvgIpc) is 2.63. The van der Waals surface area contributed by atoms with Crippen molar-refractivity contribution in [3.05, 3.63) is 40.6 Å². The molecule has 1 aliphatic rings. The van der Waals surface area contributed by atoms with E-state index in [4.69, 9.17) is 0 Å². The average molecular weight is 378 g/mol. The number of halogens is 2. The summed E-state index contributed by atoms with van der Waals surface area (Å²) in [5.41, 5.74) is 3.82. The molecule has 0 spiro atoms. The SMILES string of the molecule is Cc1nc(C)c(CN(C)C2=CC(C)CN=C2CCC(=O)NCCF)cc1F. The van der Waals surface area contributed by atoms with Crippen molar-refractivity contribution in [3.63, 3.8) is 0 Å². The number of nitrogens with one attached hydrogen (secondary N) is 1. The summed E-state index contributed by atoms with van der Waals surface area (Å²) < 4.78 is 26.1. The maximum absolute atomic E-state index is 13.9. The Morgan fingerprint density at radius 1 is 1.37 bits per heavy atom. The van der Waals surface area contributed by atoms with E-state index < -0.39 is 6.67 Å². The molecule has 0 bridgehead atoms. The van der Waals surface area contributed by atoms with Crippen LogP contribution in [-0.4, -0.2) is 48.3 Å². The van der Waals surface area contributed by atoms with Gasteiger partial charge in [-0.2, -0.15) is 0 Å². The van der Waals surface area contributed by atoms with Gasteiger partial charge in [0.15, 0.2) is 0 Å². The second-order valence-corrected chi connectivity index (χ2v) is 7.01. The number of nitrogens with zero attached hydrogens (tertiary/aromatic N) is 3. The summed E-state index contributed by atoms with van der Waals surface area (Å²) in [5.74, 6) is -0.203. The predicted molar refractivity (Wildman–Crippen MR) is 103 cm³/mol. The standard InChI is InChI=1S/C20H28F2N4O/c1-13-9-19(18(24-11-13)5-6-20(27)23-8-7-21)26(4)12-16-10-17(22)15(3)25-14(16)2/h9-10,13H,5-8,11-12H2,1-4H3,(H,23,27). The molecule has 0 saturated heterocycles. The number of alkyl halides is 1. The molecule has 7 heteroatoms. The van der Waals surface area contributed by atoms with E-state index in [0.717, 1.165) is 22.7 Å². The summed E-state index contributed by atoms with van der Waals surface area (Å²) in [6, 6.07) is 1.53. The van der Waals surface area contributed by atoms with Crippen molar-refractivity contribution in [1.29, 1.82) is 0 Å². The third-order valence-electron chi connectivity index (χ3n) is 4.58. The number of aromatic nitrogens is 1. The molecule has 5 nitrogen and oxygen atoms in total. The van der Waals surface area contributed by atoms with Gasteiger partial charge in [-0.05, 0) is 31.4 Å². The van der Waals surface area contributed by atoms with Crippen LogP contribution in [0.5, 0.6) is 0 Å². The Balaban J connectivity index is 2.09. The minimum absolute atomic E-state index is 0.0379. The molecule has 148 valence electrons. The number of hydrogen-bond donors (Lipinski definition) is 1. The van der Waals surface area contributed by atoms with E-state index in [1.54, 1.807) is 6.92 Å². The molecule has 0 aromatic carbocycles. The highest BCUT2D eigenvalue weighted by molar-refractivity contribution is 6.01. The zero-order chi connectivity index (χ0) is 20.0. The van der Waals surface area contributed by atoms with Crippen LogP contribution in [0.2, 0.25) is 0 Å². The highest BCUT2D eigenvalue weighted by atomic mass is 19.1. The molecule has 0 aliphatic carbocycles. The second kappa shape index (κ2) is 9.58. The smallest absolute Gasteiger partial charge is 0.220 e. The largest absolute Gasteiger partial charge is 0.369 e. The number of pyridine rings is 1. The van der Waals surface area contributed by atoms with Crippen molar-refractivity contribution < 1.29 is 13.6 Å². The van der Waals surface area contributed by atoms with Crippen LogP contribution in [0.3, 0.4) is 0 Å². The Hall–Kier alpha value is -2.31. The Kier molecular flexibility index (Phi) is 7.45. The van der Waals surface area contributed by atoms with Crippen LogP contribution in [0, 0.1) is 25.6 Å². The molecule has 2 heterocycles. The molecule has 1 amide bonds. The monoisotopic (exact) mass is 378 g/mol. The van der Waals surface area contributed by atoms with E-state index >= 15 is 0 Å². The van der Waals surface area contributed by atoms with E-state index in [1.165, 1.54) is 6.07 Å². The van der Waals surface area contributed by atoms with Crippen LogP contribution < -0.4 is 5.32 Å². The van der Waals surface area contributed by atoms with E-state index in [2.05, 4.69) is 28.3 Å². The first-order chi connectivity index (χ1) is 12.8. The van der Waals surface area contributed by atoms with Gasteiger partial charge in [-0.25, -0.2) is 8.78 Å². The van der Waals surface area contributed by atoms with E-state index in [1.807, 2.05) is 18.9 Å². The van der Waals surface area contributed by atoms with Gasteiger partial charge < -0.3 is 10.2 Å². The lowest BCUT2D eigenvalue weighted by atomic mass is 10.0. The number of aliphatic imine (C=N–C) groups is 1. The fraction of sp³-hybridized carbons (Fsp3) is 0.550. The lowest BCUT2D eigenvalue weighted by Crippen LogP contribution is -2.30. The van der Waals surface area contributed by atoms with Gasteiger partial charge in [-0.15, -0.1) is 0 Å². The summed E-state index contributed by atoms with van der Waals surface area (Å²) in [7, 11) is 1.93. The predicted octanol–water partition coefficient (Wildman–Crippen LogP) is 3.11. The number of carbonyl (C=O) groups excluding carboxylic acids is 1. The molecule has 1 aliphatic heterocycles. The molecule has 2 rings (SSSR count). The molecule has 27 heavy (non-hydrogen) atoms. The Bertz CT molecular complexity index is 746. The van der Waals surface area contributed by atoms with Crippen LogP contribution >= 0.6 is 0 Å². The van der Waals surface area contributed by atoms with Crippen molar-refractivity contribution in [2.24, 2.45) is 10.9 Å². The summed E-state index contributed by atoms with van der Waals surface area (Å²) >= 11 is 0. The van der Waals surface area contributed by atoms with E-state index in [-0.39, 0.29) is 24.7 Å². The molecule has 1 N–H and O–H groups in total. The highest BCUT2D eigenvalue weighted by Crippen LogP contribution is 2.21. The third kappa shape index (κ3) is 5.84. The number of dihydropyridines is 1. The zero-order valence-corrected chi connectivity index (χ0v) is 16.5. The number of allylic oxidation sites excluding steroid dienone is 1. The Morgan fingerprint density at radius 2 is 2.11 bits per heavy atom. The van der Waals surface area contributed by atoms with Gasteiger partial charge in [0.1, 0.15) is 12.5 Å². The van der Waals surface area contributed by atoms with Crippen LogP contribution in [0.4, 0.5) is 8.78 Å². The van der Waals surface area contributed by atoms with Gasteiger partial charge in [-0.3, -0.25) is 14.8 Å². The van der Waals surface area contributed by atoms with Gasteiger partial charge in [0.05, 0.1) is 17.1 Å². The van der Waals surface area contributed by atoms with Crippen molar-refractivity contribution in [2.45, 2.75) is 40.2 Å². The Morgan fingerprint density at radius 3 is 2.81 bits per heavy atom. The van der Waals surface area contributed by atoms with Gasteiger partial charge in [-0.1, -0.05) is 13.0 Å². The second-order valence-electron chi connectivity index (χ2n) is 7.01. The van der Waals surface area contributed by atoms with Crippen molar-refractivity contribution in [1.82, 2.24) is 15.2 Å². The molecular weight excluding hydrogens is 350 g/mol. The molecule has 1 unspecified atom stereocenters. The summed E-state index contributed by atoms with van der Waals surface area (Å²) in [5, 5.41) is 2.53. The normalized spacial score (nSPS) is 16.6. The summed E-state index contributed by atoms with van der Waals surface area (Å²) in [6.45, 7) is 6.26. The molecule has 0 saturated carbocycles. The molecule has 1 aromatic rings. The summed E-state index contributed by atoms with van der Waals surface area (Å²) in [6.07, 6.45) is 2.88. The van der Waals surface area contributed by atoms with E-state index in [0.29, 0.717) is 31.1 Å². The number of amides is 1. The van der Waals surface area contributed by atoms with Gasteiger partial charge in [0, 0.05) is 45.2 Å². The maximum atomic E-state index is 13.9.